The molecule has 0 N–H and O–H groups in total. The van der Waals surface area contributed by atoms with Gasteiger partial charge in [-0.2, -0.15) is 0 Å². The monoisotopic (exact) mass is 181 g/mol. The fourth-order valence-corrected chi connectivity index (χ4v) is 1.52. The van der Waals surface area contributed by atoms with Gasteiger partial charge in [0, 0.05) is 0 Å². The van der Waals surface area contributed by atoms with Crippen LogP contribution in [-0.2, 0) is 0 Å². The predicted molar refractivity (Wildman–Crippen MR) is 60.6 cm³/mol. The summed E-state index contributed by atoms with van der Waals surface area (Å²) in [6.45, 7) is 8.78. The smallest absolute Gasteiger partial charge is 0.0229 e. The van der Waals surface area contributed by atoms with Gasteiger partial charge in [0.05, 0.1) is 0 Å². The molecule has 1 radical (unpaired) electrons. The van der Waals surface area contributed by atoms with Gasteiger partial charge in [-0.15, -0.1) is 0 Å². The first-order valence-corrected chi connectivity index (χ1v) is 5.73. The largest absolute Gasteiger partial charge is 0.0673 e. The predicted octanol–water partition coefficient (Wildman–Crippen LogP) is 4.75. The van der Waals surface area contributed by atoms with Crippen LogP contribution in [0.1, 0.15) is 66.2 Å². The van der Waals surface area contributed by atoms with Crippen LogP contribution in [0.15, 0.2) is 5.57 Å². The first-order chi connectivity index (χ1) is 6.22. The lowest BCUT2D eigenvalue weighted by atomic mass is 9.95. The first-order valence-electron chi connectivity index (χ1n) is 5.73. The standard InChI is InChI=1S/C13H25/c1-5-7-8-9-10-11-13(4)12(3)6-2/h13H,5,7-11H2,1-4H3. The zero-order chi connectivity index (χ0) is 10.1. The van der Waals surface area contributed by atoms with Crippen molar-refractivity contribution in [3.63, 3.8) is 0 Å². The summed E-state index contributed by atoms with van der Waals surface area (Å²) >= 11 is 0. The van der Waals surface area contributed by atoms with Crippen LogP contribution in [0, 0.1) is 12.0 Å². The van der Waals surface area contributed by atoms with E-state index in [9.17, 15) is 0 Å². The molecule has 0 amide bonds. The Morgan fingerprint density at radius 3 is 2.31 bits per heavy atom. The van der Waals surface area contributed by atoms with Crippen molar-refractivity contribution in [1.29, 1.82) is 0 Å². The molecule has 77 valence electrons. The Bertz CT molecular complexity index is 133. The van der Waals surface area contributed by atoms with E-state index in [1.54, 1.807) is 0 Å². The second-order valence-electron chi connectivity index (χ2n) is 4.04. The normalized spacial score (nSPS) is 14.6. The Labute approximate surface area is 84.4 Å². The zero-order valence-electron chi connectivity index (χ0n) is 9.82. The van der Waals surface area contributed by atoms with Crippen molar-refractivity contribution in [2.24, 2.45) is 5.92 Å². The van der Waals surface area contributed by atoms with Gasteiger partial charge in [0.1, 0.15) is 0 Å². The molecule has 0 saturated heterocycles. The Hall–Kier alpha value is -0.260. The summed E-state index contributed by atoms with van der Waals surface area (Å²) in [4.78, 5) is 0. The average molecular weight is 181 g/mol. The number of hydrogen-bond acceptors (Lipinski definition) is 0. The van der Waals surface area contributed by atoms with E-state index in [4.69, 9.17) is 0 Å². The molecule has 0 aliphatic carbocycles. The topological polar surface area (TPSA) is 0 Å². The Kier molecular flexibility index (Phi) is 8.18. The number of rotatable bonds is 7. The fraction of sp³-hybridized carbons (Fsp3) is 0.846. The highest BCUT2D eigenvalue weighted by Gasteiger charge is 2.02. The lowest BCUT2D eigenvalue weighted by molar-refractivity contribution is 0.533. The molecule has 1 atom stereocenters. The van der Waals surface area contributed by atoms with E-state index in [0.29, 0.717) is 0 Å². The van der Waals surface area contributed by atoms with Crippen LogP contribution in [0.5, 0.6) is 0 Å². The molecular formula is C13H25. The summed E-state index contributed by atoms with van der Waals surface area (Å²) < 4.78 is 0. The van der Waals surface area contributed by atoms with E-state index in [0.717, 1.165) is 5.92 Å². The third-order valence-electron chi connectivity index (χ3n) is 2.87. The molecule has 13 heavy (non-hydrogen) atoms. The molecule has 0 saturated carbocycles. The fourth-order valence-electron chi connectivity index (χ4n) is 1.52. The lowest BCUT2D eigenvalue weighted by Crippen LogP contribution is -1.96. The molecule has 0 fully saturated rings. The molecule has 0 heteroatoms. The molecule has 0 bridgehead atoms. The third-order valence-corrected chi connectivity index (χ3v) is 2.87. The van der Waals surface area contributed by atoms with Crippen LogP contribution in [-0.4, -0.2) is 0 Å². The molecule has 1 unspecified atom stereocenters. The van der Waals surface area contributed by atoms with Crippen molar-refractivity contribution in [1.82, 2.24) is 0 Å². The third kappa shape index (κ3) is 6.86. The van der Waals surface area contributed by atoms with Gasteiger partial charge in [-0.25, -0.2) is 0 Å². The molecule has 0 heterocycles. The van der Waals surface area contributed by atoms with Gasteiger partial charge in [0.25, 0.3) is 0 Å². The molecule has 0 aromatic carbocycles. The minimum atomic E-state index is 0.742. The highest BCUT2D eigenvalue weighted by atomic mass is 14.1. The van der Waals surface area contributed by atoms with Crippen LogP contribution in [0.4, 0.5) is 0 Å². The van der Waals surface area contributed by atoms with E-state index in [-0.39, 0.29) is 0 Å². The zero-order valence-corrected chi connectivity index (χ0v) is 9.82. The van der Waals surface area contributed by atoms with Gasteiger partial charge in [-0.3, -0.25) is 0 Å². The molecular weight excluding hydrogens is 156 g/mol. The summed E-state index contributed by atoms with van der Waals surface area (Å²) in [6.07, 6.45) is 11.5. The number of allylic oxidation sites excluding steroid dienone is 2. The van der Waals surface area contributed by atoms with Gasteiger partial charge >= 0.3 is 0 Å². The molecule has 0 aromatic rings. The Morgan fingerprint density at radius 1 is 1.15 bits per heavy atom. The summed E-state index contributed by atoms with van der Waals surface area (Å²) in [6, 6.07) is 0. The minimum absolute atomic E-state index is 0.742. The van der Waals surface area contributed by atoms with Crippen molar-refractivity contribution in [2.75, 3.05) is 0 Å². The van der Waals surface area contributed by atoms with E-state index >= 15 is 0 Å². The molecule has 0 aliphatic heterocycles. The van der Waals surface area contributed by atoms with Crippen molar-refractivity contribution < 1.29 is 0 Å². The lowest BCUT2D eigenvalue weighted by Gasteiger charge is -2.10. The number of hydrogen-bond donors (Lipinski definition) is 0. The van der Waals surface area contributed by atoms with Crippen LogP contribution >= 0.6 is 0 Å². The van der Waals surface area contributed by atoms with Gasteiger partial charge in [-0.05, 0) is 32.3 Å². The van der Waals surface area contributed by atoms with Crippen LogP contribution in [0.3, 0.4) is 0 Å². The second kappa shape index (κ2) is 8.34. The van der Waals surface area contributed by atoms with Crippen LogP contribution in [0.25, 0.3) is 0 Å². The van der Waals surface area contributed by atoms with Gasteiger partial charge < -0.3 is 0 Å². The molecule has 0 spiro atoms. The summed E-state index contributed by atoms with van der Waals surface area (Å²) in [5.41, 5.74) is 1.43. The molecule has 0 nitrogen and oxygen atoms in total. The van der Waals surface area contributed by atoms with E-state index < -0.39 is 0 Å². The molecule has 0 aliphatic rings. The van der Waals surface area contributed by atoms with E-state index in [1.165, 1.54) is 44.1 Å². The summed E-state index contributed by atoms with van der Waals surface area (Å²) in [7, 11) is 0. The molecule has 0 rings (SSSR count). The van der Waals surface area contributed by atoms with Crippen molar-refractivity contribution in [2.45, 2.75) is 66.2 Å². The van der Waals surface area contributed by atoms with Gasteiger partial charge in [0.2, 0.25) is 0 Å². The number of unbranched alkanes of at least 4 members (excludes halogenated alkanes) is 4. The van der Waals surface area contributed by atoms with E-state index in [2.05, 4.69) is 26.8 Å². The Balaban J connectivity index is 3.32. The summed E-state index contributed by atoms with van der Waals surface area (Å²) in [5.74, 6) is 0.742. The van der Waals surface area contributed by atoms with Crippen molar-refractivity contribution >= 4 is 0 Å². The van der Waals surface area contributed by atoms with Crippen molar-refractivity contribution in [3.05, 3.63) is 11.6 Å². The highest BCUT2D eigenvalue weighted by molar-refractivity contribution is 4.95. The van der Waals surface area contributed by atoms with E-state index in [1.807, 2.05) is 6.92 Å². The van der Waals surface area contributed by atoms with Crippen LogP contribution < -0.4 is 0 Å². The average Bonchev–Trinajstić information content (AvgIpc) is 2.16. The van der Waals surface area contributed by atoms with Crippen molar-refractivity contribution in [3.8, 4) is 0 Å². The SMILES string of the molecule is C/[C]=C(/C)C(C)CCCCCCC. The van der Waals surface area contributed by atoms with Gasteiger partial charge in [-0.1, -0.05) is 51.5 Å². The maximum Gasteiger partial charge on any atom is -0.0229 e. The quantitative estimate of drug-likeness (QED) is 0.497. The summed E-state index contributed by atoms with van der Waals surface area (Å²) in [5, 5.41) is 0. The maximum atomic E-state index is 3.23. The maximum absolute atomic E-state index is 3.23. The van der Waals surface area contributed by atoms with Gasteiger partial charge in [0.15, 0.2) is 0 Å². The molecule has 0 aromatic heterocycles. The first kappa shape index (κ1) is 12.7. The minimum Gasteiger partial charge on any atom is -0.0673 e. The highest BCUT2D eigenvalue weighted by Crippen LogP contribution is 2.17. The Morgan fingerprint density at radius 2 is 1.77 bits per heavy atom. The van der Waals surface area contributed by atoms with Crippen LogP contribution in [0.2, 0.25) is 0 Å². The second-order valence-corrected chi connectivity index (χ2v) is 4.04.